The van der Waals surface area contributed by atoms with Crippen LogP contribution < -0.4 is 21.5 Å². The number of para-hydroxylation sites is 2. The number of nitrogens with one attached hydrogen (secondary N) is 2. The van der Waals surface area contributed by atoms with Crippen molar-refractivity contribution in [2.24, 2.45) is 5.73 Å². The van der Waals surface area contributed by atoms with E-state index in [1.165, 1.54) is 11.7 Å². The number of primary amides is 1. The third kappa shape index (κ3) is 3.19. The Balaban J connectivity index is 1.90. The lowest BCUT2D eigenvalue weighted by atomic mass is 9.96. The van der Waals surface area contributed by atoms with Gasteiger partial charge in [-0.2, -0.15) is 4.98 Å². The van der Waals surface area contributed by atoms with Gasteiger partial charge in [0.15, 0.2) is 11.3 Å². The molecule has 0 unspecified atom stereocenters. The van der Waals surface area contributed by atoms with Crippen LogP contribution in [0.5, 0.6) is 5.75 Å². The van der Waals surface area contributed by atoms with Crippen molar-refractivity contribution in [1.29, 1.82) is 0 Å². The molecule has 9 heteroatoms. The summed E-state index contributed by atoms with van der Waals surface area (Å²) >= 11 is 0. The average molecular weight is 381 g/mol. The van der Waals surface area contributed by atoms with Crippen molar-refractivity contribution in [2.45, 2.75) is 31.7 Å². The molecule has 0 spiro atoms. The molecule has 145 valence electrons. The van der Waals surface area contributed by atoms with Gasteiger partial charge in [-0.1, -0.05) is 12.1 Å². The van der Waals surface area contributed by atoms with Crippen LogP contribution in [0.4, 0.5) is 5.95 Å². The molecule has 4 rings (SSSR count). The van der Waals surface area contributed by atoms with Gasteiger partial charge in [-0.15, -0.1) is 0 Å². The van der Waals surface area contributed by atoms with Crippen molar-refractivity contribution in [3.63, 3.8) is 0 Å². The van der Waals surface area contributed by atoms with Gasteiger partial charge in [0.2, 0.25) is 5.95 Å². The van der Waals surface area contributed by atoms with E-state index in [1.807, 2.05) is 0 Å². The fourth-order valence-electron chi connectivity index (χ4n) is 3.52. The minimum Gasteiger partial charge on any atom is -0.495 e. The van der Waals surface area contributed by atoms with Gasteiger partial charge in [-0.05, 0) is 44.2 Å². The Morgan fingerprint density at radius 3 is 2.75 bits per heavy atom. The first kappa shape index (κ1) is 18.0. The number of anilines is 1. The Morgan fingerprint density at radius 2 is 2.04 bits per heavy atom. The number of hydrogen-bond donors (Lipinski definition) is 3. The molecule has 1 fully saturated rings. The SMILES string of the molecule is COc1ccccc1-n1c(=O)[nH]c2c(C(N)=O)nc(NC3CC[CH]CC3)nc21. The van der Waals surface area contributed by atoms with Crippen LogP contribution in [0.15, 0.2) is 29.1 Å². The van der Waals surface area contributed by atoms with Gasteiger partial charge < -0.3 is 20.8 Å². The number of carbonyl (C=O) groups excluding carboxylic acids is 1. The smallest absolute Gasteiger partial charge is 0.332 e. The second-order valence-electron chi connectivity index (χ2n) is 6.68. The molecule has 2 aromatic heterocycles. The van der Waals surface area contributed by atoms with E-state index >= 15 is 0 Å². The number of hydrogen-bond acceptors (Lipinski definition) is 6. The zero-order valence-corrected chi connectivity index (χ0v) is 15.4. The fraction of sp³-hybridized carbons (Fsp3) is 0.316. The van der Waals surface area contributed by atoms with Crippen LogP contribution in [-0.4, -0.2) is 38.6 Å². The van der Waals surface area contributed by atoms with Crippen LogP contribution in [0.2, 0.25) is 0 Å². The zero-order chi connectivity index (χ0) is 19.7. The molecule has 0 aliphatic heterocycles. The van der Waals surface area contributed by atoms with Crippen molar-refractivity contribution >= 4 is 23.0 Å². The van der Waals surface area contributed by atoms with E-state index < -0.39 is 11.6 Å². The standard InChI is InChI=1S/C19H21N6O3/c1-28-13-10-6-5-9-12(13)25-17-15(23-19(25)27)14(16(20)26)22-18(24-17)21-11-7-3-2-4-8-11/h2,5-6,9-11H,3-4,7-8H2,1H3,(H2,20,26)(H,23,27)(H,21,22,24). The van der Waals surface area contributed by atoms with Crippen molar-refractivity contribution in [3.05, 3.63) is 46.9 Å². The second kappa shape index (κ2) is 7.34. The van der Waals surface area contributed by atoms with Gasteiger partial charge in [0.25, 0.3) is 5.91 Å². The topological polar surface area (TPSA) is 128 Å². The molecule has 0 atom stereocenters. The Kier molecular flexibility index (Phi) is 4.72. The zero-order valence-electron chi connectivity index (χ0n) is 15.4. The lowest BCUT2D eigenvalue weighted by Gasteiger charge is -2.22. The number of benzene rings is 1. The number of aromatic nitrogens is 4. The van der Waals surface area contributed by atoms with Crippen LogP contribution in [0.25, 0.3) is 16.9 Å². The van der Waals surface area contributed by atoms with Gasteiger partial charge in [0.1, 0.15) is 11.3 Å². The molecular formula is C19H21N6O3. The number of imidazole rings is 1. The number of carbonyl (C=O) groups is 1. The van der Waals surface area contributed by atoms with Gasteiger partial charge in [-0.25, -0.2) is 14.3 Å². The molecule has 1 saturated carbocycles. The molecule has 1 aromatic carbocycles. The van der Waals surface area contributed by atoms with Gasteiger partial charge >= 0.3 is 5.69 Å². The summed E-state index contributed by atoms with van der Waals surface area (Å²) in [6.07, 6.45) is 6.19. The van der Waals surface area contributed by atoms with Crippen molar-refractivity contribution < 1.29 is 9.53 Å². The summed E-state index contributed by atoms with van der Waals surface area (Å²) < 4.78 is 6.74. The highest BCUT2D eigenvalue weighted by atomic mass is 16.5. The maximum Gasteiger partial charge on any atom is 0.332 e. The summed E-state index contributed by atoms with van der Waals surface area (Å²) in [7, 11) is 1.52. The molecule has 0 saturated heterocycles. The molecule has 2 heterocycles. The molecule has 1 amide bonds. The summed E-state index contributed by atoms with van der Waals surface area (Å²) in [4.78, 5) is 36.1. The van der Waals surface area contributed by atoms with Gasteiger partial charge in [0, 0.05) is 6.04 Å². The Hall–Kier alpha value is -3.36. The molecule has 3 aromatic rings. The van der Waals surface area contributed by atoms with Crippen molar-refractivity contribution in [2.75, 3.05) is 12.4 Å². The maximum atomic E-state index is 12.7. The number of rotatable bonds is 5. The van der Waals surface area contributed by atoms with Gasteiger partial charge in [-0.3, -0.25) is 4.79 Å². The largest absolute Gasteiger partial charge is 0.495 e. The molecule has 1 aliphatic rings. The first-order chi connectivity index (χ1) is 13.6. The minimum absolute atomic E-state index is 0.0272. The Labute approximate surface area is 160 Å². The van der Waals surface area contributed by atoms with E-state index in [4.69, 9.17) is 10.5 Å². The maximum absolute atomic E-state index is 12.7. The van der Waals surface area contributed by atoms with E-state index in [0.29, 0.717) is 11.4 Å². The molecule has 9 nitrogen and oxygen atoms in total. The van der Waals surface area contributed by atoms with E-state index in [9.17, 15) is 9.59 Å². The normalized spacial score (nSPS) is 14.9. The molecule has 1 radical (unpaired) electrons. The number of amides is 1. The molecular weight excluding hydrogens is 360 g/mol. The summed E-state index contributed by atoms with van der Waals surface area (Å²) in [5, 5.41) is 3.27. The molecule has 0 bridgehead atoms. The Morgan fingerprint density at radius 1 is 1.29 bits per heavy atom. The highest BCUT2D eigenvalue weighted by Crippen LogP contribution is 2.26. The predicted molar refractivity (Wildman–Crippen MR) is 105 cm³/mol. The third-order valence-electron chi connectivity index (χ3n) is 4.87. The van der Waals surface area contributed by atoms with Crippen LogP contribution >= 0.6 is 0 Å². The predicted octanol–water partition coefficient (Wildman–Crippen LogP) is 1.78. The van der Waals surface area contributed by atoms with Crippen LogP contribution in [-0.2, 0) is 0 Å². The van der Waals surface area contributed by atoms with Crippen LogP contribution in [0, 0.1) is 6.42 Å². The van der Waals surface area contributed by atoms with Crippen LogP contribution in [0.3, 0.4) is 0 Å². The fourth-order valence-corrected chi connectivity index (χ4v) is 3.52. The summed E-state index contributed by atoms with van der Waals surface area (Å²) in [6, 6.07) is 7.28. The van der Waals surface area contributed by atoms with Crippen molar-refractivity contribution in [1.82, 2.24) is 19.5 Å². The van der Waals surface area contributed by atoms with Crippen molar-refractivity contribution in [3.8, 4) is 11.4 Å². The Bertz CT molecular complexity index is 1080. The molecule has 1 aliphatic carbocycles. The number of nitrogens with zero attached hydrogens (tertiary/aromatic N) is 3. The van der Waals surface area contributed by atoms with E-state index in [-0.39, 0.29) is 28.8 Å². The quantitative estimate of drug-likeness (QED) is 0.618. The number of ether oxygens (including phenoxy) is 1. The number of aromatic amines is 1. The number of methoxy groups -OCH3 is 1. The van der Waals surface area contributed by atoms with E-state index in [1.54, 1.807) is 24.3 Å². The summed E-state index contributed by atoms with van der Waals surface area (Å²) in [6.45, 7) is 0. The number of H-pyrrole nitrogens is 1. The summed E-state index contributed by atoms with van der Waals surface area (Å²) in [5.74, 6) is 0.0405. The minimum atomic E-state index is -0.735. The highest BCUT2D eigenvalue weighted by Gasteiger charge is 2.22. The third-order valence-corrected chi connectivity index (χ3v) is 4.87. The average Bonchev–Trinajstić information content (AvgIpc) is 3.03. The summed E-state index contributed by atoms with van der Waals surface area (Å²) in [5.41, 5.74) is 6.01. The molecule has 28 heavy (non-hydrogen) atoms. The first-order valence-corrected chi connectivity index (χ1v) is 9.12. The monoisotopic (exact) mass is 381 g/mol. The first-order valence-electron chi connectivity index (χ1n) is 9.12. The number of nitrogens with two attached hydrogens (primary N) is 1. The van der Waals surface area contributed by atoms with E-state index in [0.717, 1.165) is 25.7 Å². The lowest BCUT2D eigenvalue weighted by Crippen LogP contribution is -2.25. The number of fused-ring (bicyclic) bond motifs is 1. The van der Waals surface area contributed by atoms with Gasteiger partial charge in [0.05, 0.1) is 12.8 Å². The highest BCUT2D eigenvalue weighted by molar-refractivity contribution is 6.02. The second-order valence-corrected chi connectivity index (χ2v) is 6.68. The van der Waals surface area contributed by atoms with E-state index in [2.05, 4.69) is 26.7 Å². The lowest BCUT2D eigenvalue weighted by molar-refractivity contribution is 0.0997. The molecule has 4 N–H and O–H groups in total. The van der Waals surface area contributed by atoms with Crippen LogP contribution in [0.1, 0.15) is 36.2 Å².